The van der Waals surface area contributed by atoms with Gasteiger partial charge in [0, 0.05) is 11.6 Å². The molecular formula is C12H13F4N. The highest BCUT2D eigenvalue weighted by atomic mass is 19.4. The highest BCUT2D eigenvalue weighted by Gasteiger charge is 2.35. The van der Waals surface area contributed by atoms with Gasteiger partial charge in [0.05, 0.1) is 5.56 Å². The molecule has 1 atom stereocenters. The van der Waals surface area contributed by atoms with Crippen LogP contribution >= 0.6 is 0 Å². The van der Waals surface area contributed by atoms with E-state index in [1.54, 1.807) is 6.92 Å². The van der Waals surface area contributed by atoms with Gasteiger partial charge in [0.25, 0.3) is 0 Å². The lowest BCUT2D eigenvalue weighted by Crippen LogP contribution is -2.16. The van der Waals surface area contributed by atoms with Crippen molar-refractivity contribution in [1.29, 1.82) is 0 Å². The Bertz CT molecular complexity index is 423. The molecule has 5 heteroatoms. The van der Waals surface area contributed by atoms with Gasteiger partial charge in [-0.1, -0.05) is 17.7 Å². The standard InChI is InChI=1S/C12H13F4N/c1-7(2)6-10(17)8-4-3-5-9(11(8)13)12(14,15)16/h3-5,10H,1,6,17H2,2H3. The number of halogens is 4. The van der Waals surface area contributed by atoms with Crippen molar-refractivity contribution in [2.45, 2.75) is 25.6 Å². The highest BCUT2D eigenvalue weighted by Crippen LogP contribution is 2.34. The third-order valence-corrected chi connectivity index (χ3v) is 2.30. The van der Waals surface area contributed by atoms with Crippen LogP contribution in [0.5, 0.6) is 0 Å². The molecule has 0 fully saturated rings. The summed E-state index contributed by atoms with van der Waals surface area (Å²) in [5.41, 5.74) is 4.91. The largest absolute Gasteiger partial charge is 0.419 e. The molecule has 0 saturated heterocycles. The monoisotopic (exact) mass is 247 g/mol. The topological polar surface area (TPSA) is 26.0 Å². The van der Waals surface area contributed by atoms with Gasteiger partial charge in [-0.2, -0.15) is 13.2 Å². The number of rotatable bonds is 3. The van der Waals surface area contributed by atoms with E-state index >= 15 is 0 Å². The summed E-state index contributed by atoms with van der Waals surface area (Å²) < 4.78 is 51.0. The predicted octanol–water partition coefficient (Wildman–Crippen LogP) is 3.81. The fraction of sp³-hybridized carbons (Fsp3) is 0.333. The molecule has 1 unspecified atom stereocenters. The van der Waals surface area contributed by atoms with E-state index in [2.05, 4.69) is 6.58 Å². The first-order chi connectivity index (χ1) is 7.73. The second-order valence-electron chi connectivity index (χ2n) is 3.97. The van der Waals surface area contributed by atoms with Gasteiger partial charge in [0.2, 0.25) is 0 Å². The molecule has 0 saturated carbocycles. The number of benzene rings is 1. The Balaban J connectivity index is 3.15. The normalized spacial score (nSPS) is 13.5. The van der Waals surface area contributed by atoms with Crippen LogP contribution in [0.1, 0.15) is 30.5 Å². The molecule has 0 radical (unpaired) electrons. The molecule has 0 aliphatic carbocycles. The average Bonchev–Trinajstić information content (AvgIpc) is 2.14. The molecule has 0 aliphatic rings. The maximum Gasteiger partial charge on any atom is 0.419 e. The van der Waals surface area contributed by atoms with Gasteiger partial charge in [-0.25, -0.2) is 4.39 Å². The van der Waals surface area contributed by atoms with Crippen LogP contribution in [0.15, 0.2) is 30.4 Å². The van der Waals surface area contributed by atoms with Crippen LogP contribution < -0.4 is 5.73 Å². The van der Waals surface area contributed by atoms with Gasteiger partial charge in [-0.05, 0) is 19.4 Å². The fourth-order valence-corrected chi connectivity index (χ4v) is 1.54. The van der Waals surface area contributed by atoms with E-state index in [4.69, 9.17) is 5.73 Å². The van der Waals surface area contributed by atoms with Crippen molar-refractivity contribution < 1.29 is 17.6 Å². The van der Waals surface area contributed by atoms with Gasteiger partial charge in [-0.15, -0.1) is 6.58 Å². The zero-order chi connectivity index (χ0) is 13.2. The van der Waals surface area contributed by atoms with Crippen LogP contribution in [-0.2, 0) is 6.18 Å². The van der Waals surface area contributed by atoms with Crippen molar-refractivity contribution in [2.24, 2.45) is 5.73 Å². The van der Waals surface area contributed by atoms with Crippen LogP contribution in [-0.4, -0.2) is 0 Å². The van der Waals surface area contributed by atoms with E-state index in [-0.39, 0.29) is 12.0 Å². The Morgan fingerprint density at radius 3 is 2.47 bits per heavy atom. The van der Waals surface area contributed by atoms with Crippen LogP contribution in [0.3, 0.4) is 0 Å². The van der Waals surface area contributed by atoms with Gasteiger partial charge in [-0.3, -0.25) is 0 Å². The van der Waals surface area contributed by atoms with Gasteiger partial charge >= 0.3 is 6.18 Å². The van der Waals surface area contributed by atoms with Crippen molar-refractivity contribution in [3.63, 3.8) is 0 Å². The molecule has 0 aliphatic heterocycles. The summed E-state index contributed by atoms with van der Waals surface area (Å²) in [5, 5.41) is 0. The molecule has 1 aromatic carbocycles. The first kappa shape index (κ1) is 13.7. The molecule has 17 heavy (non-hydrogen) atoms. The van der Waals surface area contributed by atoms with E-state index in [0.717, 1.165) is 6.07 Å². The highest BCUT2D eigenvalue weighted by molar-refractivity contribution is 5.30. The van der Waals surface area contributed by atoms with Crippen molar-refractivity contribution in [3.8, 4) is 0 Å². The SMILES string of the molecule is C=C(C)CC(N)c1cccc(C(F)(F)F)c1F. The molecule has 94 valence electrons. The van der Waals surface area contributed by atoms with Gasteiger partial charge < -0.3 is 5.73 Å². The molecule has 1 nitrogen and oxygen atoms in total. The zero-order valence-electron chi connectivity index (χ0n) is 9.31. The Kier molecular flexibility index (Phi) is 3.93. The zero-order valence-corrected chi connectivity index (χ0v) is 9.31. The maximum atomic E-state index is 13.6. The predicted molar refractivity (Wildman–Crippen MR) is 57.8 cm³/mol. The van der Waals surface area contributed by atoms with Gasteiger partial charge in [0.15, 0.2) is 0 Å². The van der Waals surface area contributed by atoms with Crippen LogP contribution in [0.4, 0.5) is 17.6 Å². The Labute approximate surface area is 96.9 Å². The molecular weight excluding hydrogens is 234 g/mol. The lowest BCUT2D eigenvalue weighted by molar-refractivity contribution is -0.140. The summed E-state index contributed by atoms with van der Waals surface area (Å²) in [6.07, 6.45) is -4.46. The van der Waals surface area contributed by atoms with E-state index in [1.165, 1.54) is 6.07 Å². The van der Waals surface area contributed by atoms with Crippen molar-refractivity contribution in [1.82, 2.24) is 0 Å². The van der Waals surface area contributed by atoms with E-state index < -0.39 is 23.6 Å². The van der Waals surface area contributed by atoms with Crippen LogP contribution in [0, 0.1) is 5.82 Å². The number of hydrogen-bond donors (Lipinski definition) is 1. The Hall–Kier alpha value is -1.36. The Morgan fingerprint density at radius 2 is 2.00 bits per heavy atom. The Morgan fingerprint density at radius 1 is 1.41 bits per heavy atom. The summed E-state index contributed by atoms with van der Waals surface area (Å²) in [6, 6.07) is 2.30. The van der Waals surface area contributed by atoms with E-state index in [0.29, 0.717) is 11.6 Å². The lowest BCUT2D eigenvalue weighted by Gasteiger charge is -2.16. The molecule has 1 rings (SSSR count). The summed E-state index contributed by atoms with van der Waals surface area (Å²) in [6.45, 7) is 5.28. The lowest BCUT2D eigenvalue weighted by atomic mass is 9.98. The molecule has 0 amide bonds. The van der Waals surface area contributed by atoms with E-state index in [9.17, 15) is 17.6 Å². The van der Waals surface area contributed by atoms with Crippen LogP contribution in [0.2, 0.25) is 0 Å². The summed E-state index contributed by atoms with van der Waals surface area (Å²) >= 11 is 0. The average molecular weight is 247 g/mol. The minimum Gasteiger partial charge on any atom is -0.324 e. The first-order valence-corrected chi connectivity index (χ1v) is 4.99. The molecule has 0 heterocycles. The van der Waals surface area contributed by atoms with Gasteiger partial charge in [0.1, 0.15) is 5.82 Å². The third-order valence-electron chi connectivity index (χ3n) is 2.30. The minimum absolute atomic E-state index is 0.136. The molecule has 2 N–H and O–H groups in total. The summed E-state index contributed by atoms with van der Waals surface area (Å²) in [5.74, 6) is -1.30. The van der Waals surface area contributed by atoms with Crippen molar-refractivity contribution in [3.05, 3.63) is 47.3 Å². The number of hydrogen-bond acceptors (Lipinski definition) is 1. The second-order valence-corrected chi connectivity index (χ2v) is 3.97. The quantitative estimate of drug-likeness (QED) is 0.638. The van der Waals surface area contributed by atoms with Crippen molar-refractivity contribution >= 4 is 0 Å². The summed E-state index contributed by atoms with van der Waals surface area (Å²) in [4.78, 5) is 0. The molecule has 1 aromatic rings. The van der Waals surface area contributed by atoms with Crippen molar-refractivity contribution in [2.75, 3.05) is 0 Å². The van der Waals surface area contributed by atoms with E-state index in [1.807, 2.05) is 0 Å². The second kappa shape index (κ2) is 4.87. The van der Waals surface area contributed by atoms with Crippen LogP contribution in [0.25, 0.3) is 0 Å². The third kappa shape index (κ3) is 3.30. The summed E-state index contributed by atoms with van der Waals surface area (Å²) in [7, 11) is 0. The first-order valence-electron chi connectivity index (χ1n) is 4.99. The number of nitrogens with two attached hydrogens (primary N) is 1. The molecule has 0 spiro atoms. The smallest absolute Gasteiger partial charge is 0.324 e. The maximum absolute atomic E-state index is 13.6. The minimum atomic E-state index is -4.71. The number of alkyl halides is 3. The molecule has 0 bridgehead atoms. The fourth-order valence-electron chi connectivity index (χ4n) is 1.54. The molecule has 0 aromatic heterocycles.